The minimum absolute atomic E-state index is 0.0291. The summed E-state index contributed by atoms with van der Waals surface area (Å²) in [7, 11) is -1.48. The van der Waals surface area contributed by atoms with Crippen LogP contribution in [0.4, 0.5) is 13.2 Å². The van der Waals surface area contributed by atoms with E-state index >= 15 is 0 Å². The van der Waals surface area contributed by atoms with Crippen LogP contribution in [-0.4, -0.2) is 61.6 Å². The summed E-state index contributed by atoms with van der Waals surface area (Å²) < 4.78 is 66.0. The van der Waals surface area contributed by atoms with Gasteiger partial charge in [0.2, 0.25) is 5.91 Å². The van der Waals surface area contributed by atoms with Gasteiger partial charge in [-0.2, -0.15) is 13.2 Å². The lowest BCUT2D eigenvalue weighted by atomic mass is 9.81. The SMILES string of the molecule is CC(C)N(C)[C@@H]1CC[C@H](N2CC[C@H](/C=C/c3cccc(C(F)(F)F)c3)C2=O)[C@H](CS(=O)(=O)c2ccccc2)C1. The molecule has 0 aromatic heterocycles. The van der Waals surface area contributed by atoms with E-state index in [1.54, 1.807) is 48.6 Å². The van der Waals surface area contributed by atoms with Crippen molar-refractivity contribution in [2.24, 2.45) is 11.8 Å². The van der Waals surface area contributed by atoms with Crippen molar-refractivity contribution in [2.45, 2.75) is 68.7 Å². The third-order valence-corrected chi connectivity index (χ3v) is 10.1. The Labute approximate surface area is 229 Å². The number of carbonyl (C=O) groups excluding carboxylic acids is 1. The molecule has 2 fully saturated rings. The topological polar surface area (TPSA) is 57.7 Å². The monoisotopic (exact) mass is 562 g/mol. The second-order valence-corrected chi connectivity index (χ2v) is 13.1. The Morgan fingerprint density at radius 2 is 1.77 bits per heavy atom. The summed E-state index contributed by atoms with van der Waals surface area (Å²) in [6.07, 6.45) is 1.65. The maximum Gasteiger partial charge on any atom is 0.416 e. The Morgan fingerprint density at radius 1 is 1.05 bits per heavy atom. The second kappa shape index (κ2) is 11.8. The summed E-state index contributed by atoms with van der Waals surface area (Å²) in [5.74, 6) is -0.771. The molecule has 0 N–H and O–H groups in total. The van der Waals surface area contributed by atoms with Gasteiger partial charge in [0.25, 0.3) is 0 Å². The lowest BCUT2D eigenvalue weighted by Gasteiger charge is -2.44. The fraction of sp³-hybridized carbons (Fsp3) is 0.500. The molecule has 9 heteroatoms. The summed E-state index contributed by atoms with van der Waals surface area (Å²) in [5, 5.41) is 0. The van der Waals surface area contributed by atoms with Gasteiger partial charge in [-0.1, -0.05) is 42.5 Å². The number of rotatable bonds is 8. The molecule has 39 heavy (non-hydrogen) atoms. The molecule has 1 heterocycles. The predicted octanol–water partition coefficient (Wildman–Crippen LogP) is 5.92. The molecule has 2 aliphatic rings. The van der Waals surface area contributed by atoms with Crippen LogP contribution >= 0.6 is 0 Å². The molecule has 1 saturated carbocycles. The summed E-state index contributed by atoms with van der Waals surface area (Å²) in [6.45, 7) is 4.74. The maximum absolute atomic E-state index is 13.5. The third kappa shape index (κ3) is 6.92. The van der Waals surface area contributed by atoms with Gasteiger partial charge in [0.05, 0.1) is 22.1 Å². The van der Waals surface area contributed by atoms with Crippen LogP contribution in [-0.2, 0) is 20.8 Å². The number of benzene rings is 2. The van der Waals surface area contributed by atoms with Crippen LogP contribution in [0.3, 0.4) is 0 Å². The molecule has 2 aromatic rings. The van der Waals surface area contributed by atoms with Gasteiger partial charge >= 0.3 is 6.18 Å². The van der Waals surface area contributed by atoms with Gasteiger partial charge in [-0.05, 0) is 82.3 Å². The number of carbonyl (C=O) groups is 1. The Bertz CT molecular complexity index is 1280. The van der Waals surface area contributed by atoms with Gasteiger partial charge in [0, 0.05) is 24.7 Å². The molecule has 0 bridgehead atoms. The standard InChI is InChI=1S/C30H37F3N2O3S/c1-21(2)34(3)26-14-15-28(24(19-26)20-39(37,38)27-10-5-4-6-11-27)35-17-16-23(29(35)36)13-12-22-8-7-9-25(18-22)30(31,32)33/h4-13,18,21,23-24,26,28H,14-17,19-20H2,1-3H3/b13-12+/t23-,24-,26+,28-/m0/s1. The van der Waals surface area contributed by atoms with Crippen LogP contribution in [0.15, 0.2) is 65.6 Å². The van der Waals surface area contributed by atoms with Crippen LogP contribution in [0.2, 0.25) is 0 Å². The summed E-state index contributed by atoms with van der Waals surface area (Å²) in [6, 6.07) is 13.8. The van der Waals surface area contributed by atoms with Crippen LogP contribution in [0, 0.1) is 11.8 Å². The first-order chi connectivity index (χ1) is 18.4. The number of halogens is 3. The minimum atomic E-state index is -4.43. The zero-order chi connectivity index (χ0) is 28.4. The molecule has 1 aliphatic carbocycles. The zero-order valence-corrected chi connectivity index (χ0v) is 23.5. The molecule has 1 saturated heterocycles. The first-order valence-electron chi connectivity index (χ1n) is 13.5. The molecule has 4 rings (SSSR count). The lowest BCUT2D eigenvalue weighted by Crippen LogP contribution is -2.51. The van der Waals surface area contributed by atoms with Gasteiger partial charge in [-0.15, -0.1) is 0 Å². The first kappa shape index (κ1) is 29.3. The molecular weight excluding hydrogens is 525 g/mol. The van der Waals surface area contributed by atoms with E-state index in [0.29, 0.717) is 37.4 Å². The van der Waals surface area contributed by atoms with Crippen molar-refractivity contribution in [3.05, 3.63) is 71.8 Å². The average molecular weight is 563 g/mol. The Morgan fingerprint density at radius 3 is 2.44 bits per heavy atom. The fourth-order valence-electron chi connectivity index (χ4n) is 5.89. The highest BCUT2D eigenvalue weighted by Gasteiger charge is 2.43. The van der Waals surface area contributed by atoms with E-state index in [9.17, 15) is 26.4 Å². The van der Waals surface area contributed by atoms with Crippen molar-refractivity contribution in [3.8, 4) is 0 Å². The number of hydrogen-bond acceptors (Lipinski definition) is 4. The van der Waals surface area contributed by atoms with E-state index < -0.39 is 27.5 Å². The molecule has 5 nitrogen and oxygen atoms in total. The third-order valence-electron chi connectivity index (χ3n) is 8.26. The van der Waals surface area contributed by atoms with E-state index in [1.165, 1.54) is 6.07 Å². The zero-order valence-electron chi connectivity index (χ0n) is 22.6. The van der Waals surface area contributed by atoms with Gasteiger partial charge < -0.3 is 9.80 Å². The number of amides is 1. The smallest absolute Gasteiger partial charge is 0.339 e. The molecule has 212 valence electrons. The normalized spacial score (nSPS) is 24.8. The van der Waals surface area contributed by atoms with Crippen molar-refractivity contribution in [3.63, 3.8) is 0 Å². The predicted molar refractivity (Wildman–Crippen MR) is 147 cm³/mol. The van der Waals surface area contributed by atoms with E-state index in [1.807, 2.05) is 4.90 Å². The van der Waals surface area contributed by atoms with E-state index in [4.69, 9.17) is 0 Å². The number of hydrogen-bond donors (Lipinski definition) is 0. The quantitative estimate of drug-likeness (QED) is 0.401. The Hall–Kier alpha value is -2.65. The van der Waals surface area contributed by atoms with Crippen LogP contribution in [0.5, 0.6) is 0 Å². The van der Waals surface area contributed by atoms with Crippen LogP contribution in [0.25, 0.3) is 6.08 Å². The molecule has 0 radical (unpaired) electrons. The molecular formula is C30H37F3N2O3S. The highest BCUT2D eigenvalue weighted by Crippen LogP contribution is 2.37. The van der Waals surface area contributed by atoms with Crippen molar-refractivity contribution in [1.29, 1.82) is 0 Å². The average Bonchev–Trinajstić information content (AvgIpc) is 3.26. The first-order valence-corrected chi connectivity index (χ1v) is 15.2. The van der Waals surface area contributed by atoms with Crippen molar-refractivity contribution in [2.75, 3.05) is 19.3 Å². The summed E-state index contributed by atoms with van der Waals surface area (Å²) >= 11 is 0. The van der Waals surface area contributed by atoms with Gasteiger partial charge in [-0.3, -0.25) is 4.79 Å². The molecule has 0 unspecified atom stereocenters. The van der Waals surface area contributed by atoms with Gasteiger partial charge in [-0.25, -0.2) is 8.42 Å². The minimum Gasteiger partial charge on any atom is -0.339 e. The maximum atomic E-state index is 13.5. The van der Waals surface area contributed by atoms with Crippen molar-refractivity contribution < 1.29 is 26.4 Å². The van der Waals surface area contributed by atoms with E-state index in [2.05, 4.69) is 25.8 Å². The number of alkyl halides is 3. The molecule has 1 aliphatic heterocycles. The fourth-order valence-corrected chi connectivity index (χ4v) is 7.57. The molecule has 4 atom stereocenters. The molecule has 0 spiro atoms. The van der Waals surface area contributed by atoms with E-state index in [-0.39, 0.29) is 34.6 Å². The highest BCUT2D eigenvalue weighted by molar-refractivity contribution is 7.91. The van der Waals surface area contributed by atoms with E-state index in [0.717, 1.165) is 18.6 Å². The summed E-state index contributed by atoms with van der Waals surface area (Å²) in [5.41, 5.74) is -0.338. The van der Waals surface area contributed by atoms with Crippen LogP contribution < -0.4 is 0 Å². The number of sulfone groups is 1. The van der Waals surface area contributed by atoms with Crippen molar-refractivity contribution in [1.82, 2.24) is 9.80 Å². The molecule has 1 amide bonds. The number of likely N-dealkylation sites (tertiary alicyclic amines) is 1. The second-order valence-electron chi connectivity index (χ2n) is 11.1. The van der Waals surface area contributed by atoms with Crippen molar-refractivity contribution >= 4 is 21.8 Å². The Kier molecular flexibility index (Phi) is 8.91. The van der Waals surface area contributed by atoms with Crippen LogP contribution in [0.1, 0.15) is 50.7 Å². The largest absolute Gasteiger partial charge is 0.416 e. The summed E-state index contributed by atoms with van der Waals surface area (Å²) in [4.78, 5) is 17.9. The van der Waals surface area contributed by atoms with Gasteiger partial charge in [0.15, 0.2) is 9.84 Å². The number of nitrogens with zero attached hydrogens (tertiary/aromatic N) is 2. The highest BCUT2D eigenvalue weighted by atomic mass is 32.2. The Balaban J connectivity index is 1.53. The lowest BCUT2D eigenvalue weighted by molar-refractivity contribution is -0.137. The van der Waals surface area contributed by atoms with Gasteiger partial charge in [0.1, 0.15) is 0 Å². The molecule has 2 aromatic carbocycles.